The highest BCUT2D eigenvalue weighted by Crippen LogP contribution is 2.16. The maximum Gasteiger partial charge on any atom is 0.320 e. The molecule has 0 aliphatic carbocycles. The van der Waals surface area contributed by atoms with Crippen LogP contribution in [0.25, 0.3) is 0 Å². The Kier molecular flexibility index (Phi) is 4.08. The predicted molar refractivity (Wildman–Crippen MR) is 72.4 cm³/mol. The van der Waals surface area contributed by atoms with Crippen LogP contribution in [0.1, 0.15) is 23.4 Å². The van der Waals surface area contributed by atoms with E-state index in [1.54, 1.807) is 11.9 Å². The Hall–Kier alpha value is -1.89. The maximum absolute atomic E-state index is 12.0. The number of likely N-dealkylation sites (tertiary alicyclic amines) is 1. The lowest BCUT2D eigenvalue weighted by atomic mass is 10.1. The van der Waals surface area contributed by atoms with Gasteiger partial charge in [0.05, 0.1) is 12.1 Å². The summed E-state index contributed by atoms with van der Waals surface area (Å²) in [5.74, 6) is -0.937. The quantitative estimate of drug-likeness (QED) is 0.712. The second-order valence-corrected chi connectivity index (χ2v) is 5.38. The molecule has 1 aliphatic heterocycles. The third-order valence-electron chi connectivity index (χ3n) is 3.82. The van der Waals surface area contributed by atoms with Crippen molar-refractivity contribution in [3.8, 4) is 0 Å². The Bertz CT molecular complexity index is 506. The molecule has 0 aromatic carbocycles. The molecule has 20 heavy (non-hydrogen) atoms. The molecule has 2 atom stereocenters. The van der Waals surface area contributed by atoms with Crippen molar-refractivity contribution in [2.24, 2.45) is 0 Å². The topological polar surface area (TPSA) is 98.3 Å². The Morgan fingerprint density at radius 2 is 2.20 bits per heavy atom. The standard InChI is InChI=1S/C13H20N4O3/c1-7-10(8(2)16-15-7)5-12(18)14-9-4-11(13(19)20)17(3)6-9/h9,11H,4-6H2,1-3H3,(H,14,18)(H,15,16)(H,19,20). The number of hydrogen-bond donors (Lipinski definition) is 3. The summed E-state index contributed by atoms with van der Waals surface area (Å²) in [5.41, 5.74) is 2.62. The molecular formula is C13H20N4O3. The van der Waals surface area contributed by atoms with Crippen molar-refractivity contribution in [2.75, 3.05) is 13.6 Å². The first-order valence-corrected chi connectivity index (χ1v) is 6.61. The molecule has 1 aromatic rings. The minimum absolute atomic E-state index is 0.0953. The predicted octanol–water partition coefficient (Wildman–Crippen LogP) is -0.157. The van der Waals surface area contributed by atoms with E-state index in [-0.39, 0.29) is 18.4 Å². The van der Waals surface area contributed by atoms with Gasteiger partial charge in [0.15, 0.2) is 0 Å². The van der Waals surface area contributed by atoms with Crippen LogP contribution in [0.5, 0.6) is 0 Å². The highest BCUT2D eigenvalue weighted by Gasteiger charge is 2.35. The summed E-state index contributed by atoms with van der Waals surface area (Å²) >= 11 is 0. The van der Waals surface area contributed by atoms with E-state index in [0.29, 0.717) is 13.0 Å². The summed E-state index contributed by atoms with van der Waals surface area (Å²) in [5, 5.41) is 18.9. The Labute approximate surface area is 117 Å². The fraction of sp³-hybridized carbons (Fsp3) is 0.615. The van der Waals surface area contributed by atoms with Crippen LogP contribution in [0.3, 0.4) is 0 Å². The summed E-state index contributed by atoms with van der Waals surface area (Å²) < 4.78 is 0. The van der Waals surface area contributed by atoms with E-state index < -0.39 is 12.0 Å². The Morgan fingerprint density at radius 3 is 2.70 bits per heavy atom. The van der Waals surface area contributed by atoms with E-state index >= 15 is 0 Å². The number of carbonyl (C=O) groups is 2. The normalized spacial score (nSPS) is 22.9. The van der Waals surface area contributed by atoms with Gasteiger partial charge >= 0.3 is 5.97 Å². The Morgan fingerprint density at radius 1 is 1.50 bits per heavy atom. The number of rotatable bonds is 4. The summed E-state index contributed by atoms with van der Waals surface area (Å²) in [7, 11) is 1.76. The summed E-state index contributed by atoms with van der Waals surface area (Å²) in [4.78, 5) is 24.8. The molecule has 7 nitrogen and oxygen atoms in total. The number of nitrogens with one attached hydrogen (secondary N) is 2. The number of aliphatic carboxylic acids is 1. The van der Waals surface area contributed by atoms with Crippen LogP contribution < -0.4 is 5.32 Å². The van der Waals surface area contributed by atoms with E-state index in [1.807, 2.05) is 13.8 Å². The SMILES string of the molecule is Cc1n[nH]c(C)c1CC(=O)NC1CC(C(=O)O)N(C)C1. The van der Waals surface area contributed by atoms with Crippen molar-refractivity contribution in [1.29, 1.82) is 0 Å². The molecular weight excluding hydrogens is 260 g/mol. The largest absolute Gasteiger partial charge is 0.480 e. The van der Waals surface area contributed by atoms with Crippen LogP contribution in [-0.2, 0) is 16.0 Å². The zero-order valence-electron chi connectivity index (χ0n) is 11.9. The smallest absolute Gasteiger partial charge is 0.320 e. The van der Waals surface area contributed by atoms with E-state index in [1.165, 1.54) is 0 Å². The third-order valence-corrected chi connectivity index (χ3v) is 3.82. The number of hydrogen-bond acceptors (Lipinski definition) is 4. The van der Waals surface area contributed by atoms with Gasteiger partial charge in [-0.1, -0.05) is 0 Å². The van der Waals surface area contributed by atoms with Gasteiger partial charge in [0, 0.05) is 23.8 Å². The van der Waals surface area contributed by atoms with Gasteiger partial charge in [-0.3, -0.25) is 19.6 Å². The number of carbonyl (C=O) groups excluding carboxylic acids is 1. The zero-order valence-corrected chi connectivity index (χ0v) is 11.9. The molecule has 2 unspecified atom stereocenters. The van der Waals surface area contributed by atoms with Crippen LogP contribution >= 0.6 is 0 Å². The number of likely N-dealkylation sites (N-methyl/N-ethyl adjacent to an activating group) is 1. The lowest BCUT2D eigenvalue weighted by Gasteiger charge is -2.13. The van der Waals surface area contributed by atoms with Crippen molar-refractivity contribution in [3.05, 3.63) is 17.0 Å². The van der Waals surface area contributed by atoms with Crippen molar-refractivity contribution >= 4 is 11.9 Å². The van der Waals surface area contributed by atoms with Crippen LogP contribution in [-0.4, -0.2) is 57.8 Å². The molecule has 0 bridgehead atoms. The van der Waals surface area contributed by atoms with Crippen LogP contribution in [0.2, 0.25) is 0 Å². The van der Waals surface area contributed by atoms with Gasteiger partial charge in [-0.05, 0) is 27.3 Å². The zero-order chi connectivity index (χ0) is 14.9. The summed E-state index contributed by atoms with van der Waals surface area (Å²) in [6, 6.07) is -0.626. The van der Waals surface area contributed by atoms with Gasteiger partial charge in [0.2, 0.25) is 5.91 Å². The number of aryl methyl sites for hydroxylation is 2. The van der Waals surface area contributed by atoms with Gasteiger partial charge in [-0.2, -0.15) is 5.10 Å². The van der Waals surface area contributed by atoms with Gasteiger partial charge < -0.3 is 10.4 Å². The second-order valence-electron chi connectivity index (χ2n) is 5.38. The van der Waals surface area contributed by atoms with Gasteiger partial charge in [-0.25, -0.2) is 0 Å². The number of H-pyrrole nitrogens is 1. The van der Waals surface area contributed by atoms with Crippen molar-refractivity contribution in [1.82, 2.24) is 20.4 Å². The van der Waals surface area contributed by atoms with E-state index in [0.717, 1.165) is 17.0 Å². The highest BCUT2D eigenvalue weighted by molar-refractivity contribution is 5.80. The lowest BCUT2D eigenvalue weighted by Crippen LogP contribution is -2.37. The Balaban J connectivity index is 1.92. The van der Waals surface area contributed by atoms with Crippen molar-refractivity contribution in [3.63, 3.8) is 0 Å². The fourth-order valence-corrected chi connectivity index (χ4v) is 2.67. The molecule has 1 saturated heterocycles. The molecule has 0 spiro atoms. The average Bonchev–Trinajstić information content (AvgIpc) is 2.86. The molecule has 0 radical (unpaired) electrons. The second kappa shape index (κ2) is 5.62. The van der Waals surface area contributed by atoms with Gasteiger partial charge in [0.1, 0.15) is 6.04 Å². The van der Waals surface area contributed by atoms with E-state index in [2.05, 4.69) is 15.5 Å². The average molecular weight is 280 g/mol. The highest BCUT2D eigenvalue weighted by atomic mass is 16.4. The molecule has 2 rings (SSSR count). The number of carboxylic acid groups (broad SMARTS) is 1. The fourth-order valence-electron chi connectivity index (χ4n) is 2.67. The maximum atomic E-state index is 12.0. The first-order valence-electron chi connectivity index (χ1n) is 6.61. The molecule has 1 fully saturated rings. The number of aromatic nitrogens is 2. The molecule has 1 aliphatic rings. The first-order chi connectivity index (χ1) is 9.38. The molecule has 3 N–H and O–H groups in total. The third kappa shape index (κ3) is 2.98. The number of nitrogens with zero attached hydrogens (tertiary/aromatic N) is 2. The van der Waals surface area contributed by atoms with Crippen LogP contribution in [0.4, 0.5) is 0 Å². The number of aromatic amines is 1. The monoisotopic (exact) mass is 280 g/mol. The molecule has 1 amide bonds. The van der Waals surface area contributed by atoms with Crippen LogP contribution in [0, 0.1) is 13.8 Å². The molecule has 7 heteroatoms. The van der Waals surface area contributed by atoms with E-state index in [9.17, 15) is 9.59 Å². The minimum Gasteiger partial charge on any atom is -0.480 e. The van der Waals surface area contributed by atoms with Crippen molar-refractivity contribution in [2.45, 2.75) is 38.8 Å². The molecule has 0 saturated carbocycles. The molecule has 2 heterocycles. The first kappa shape index (κ1) is 14.5. The lowest BCUT2D eigenvalue weighted by molar-refractivity contribution is -0.141. The minimum atomic E-state index is -0.842. The molecule has 110 valence electrons. The van der Waals surface area contributed by atoms with Crippen LogP contribution in [0.15, 0.2) is 0 Å². The van der Waals surface area contributed by atoms with Gasteiger partial charge in [-0.15, -0.1) is 0 Å². The van der Waals surface area contributed by atoms with Crippen molar-refractivity contribution < 1.29 is 14.7 Å². The number of amides is 1. The van der Waals surface area contributed by atoms with E-state index in [4.69, 9.17) is 5.11 Å². The summed E-state index contributed by atoms with van der Waals surface area (Å²) in [6.45, 7) is 4.30. The summed E-state index contributed by atoms with van der Waals surface area (Å²) in [6.07, 6.45) is 0.715. The molecule has 1 aromatic heterocycles. The number of carboxylic acids is 1. The van der Waals surface area contributed by atoms with Gasteiger partial charge in [0.25, 0.3) is 0 Å².